The summed E-state index contributed by atoms with van der Waals surface area (Å²) in [6, 6.07) is 5.38. The zero-order valence-electron chi connectivity index (χ0n) is 12.7. The molecule has 0 saturated carbocycles. The molecule has 0 radical (unpaired) electrons. The number of carbonyl (C=O) groups is 1. The fourth-order valence-corrected chi connectivity index (χ4v) is 3.16. The van der Waals surface area contributed by atoms with E-state index in [2.05, 4.69) is 4.72 Å². The average molecular weight is 313 g/mol. The van der Waals surface area contributed by atoms with Crippen LogP contribution in [0.1, 0.15) is 44.0 Å². The summed E-state index contributed by atoms with van der Waals surface area (Å²) in [6.07, 6.45) is 0.938. The quantitative estimate of drug-likeness (QED) is 0.719. The lowest BCUT2D eigenvalue weighted by Gasteiger charge is -2.14. The van der Waals surface area contributed by atoms with E-state index in [-0.39, 0.29) is 23.2 Å². The van der Waals surface area contributed by atoms with Gasteiger partial charge in [-0.3, -0.25) is 4.79 Å². The van der Waals surface area contributed by atoms with Crippen LogP contribution in [0.3, 0.4) is 0 Å². The van der Waals surface area contributed by atoms with Gasteiger partial charge in [-0.25, -0.2) is 13.1 Å². The summed E-state index contributed by atoms with van der Waals surface area (Å²) in [5.74, 6) is 0.265. The fourth-order valence-electron chi connectivity index (χ4n) is 1.85. The number of rotatable bonds is 8. The van der Waals surface area contributed by atoms with Gasteiger partial charge >= 0.3 is 0 Å². The van der Waals surface area contributed by atoms with E-state index < -0.39 is 16.1 Å². The topological polar surface area (TPSA) is 83.5 Å². The summed E-state index contributed by atoms with van der Waals surface area (Å²) in [5.41, 5.74) is 0.511. The standard InChI is InChI=1S/C15H23NO4S/c1-4-13(10-17)16-21(19,20)14-7-5-12(6-8-14)15(18)9-11(2)3/h5-8,11,13,16-17H,4,9-10H2,1-3H3. The van der Waals surface area contributed by atoms with E-state index in [1.165, 1.54) is 24.3 Å². The number of benzene rings is 1. The van der Waals surface area contributed by atoms with Crippen LogP contribution in [0.15, 0.2) is 29.2 Å². The molecule has 1 atom stereocenters. The molecule has 0 spiro atoms. The first-order valence-electron chi connectivity index (χ1n) is 7.06. The highest BCUT2D eigenvalue weighted by Crippen LogP contribution is 2.14. The van der Waals surface area contributed by atoms with Crippen LogP contribution in [0.25, 0.3) is 0 Å². The normalized spacial score (nSPS) is 13.4. The Morgan fingerprint density at radius 3 is 2.24 bits per heavy atom. The molecular weight excluding hydrogens is 290 g/mol. The lowest BCUT2D eigenvalue weighted by molar-refractivity contribution is 0.0967. The van der Waals surface area contributed by atoms with Crippen molar-refractivity contribution in [2.75, 3.05) is 6.61 Å². The largest absolute Gasteiger partial charge is 0.395 e. The SMILES string of the molecule is CCC(CO)NS(=O)(=O)c1ccc(C(=O)CC(C)C)cc1. The van der Waals surface area contributed by atoms with Crippen LogP contribution in [0.2, 0.25) is 0 Å². The Balaban J connectivity index is 2.89. The van der Waals surface area contributed by atoms with E-state index in [0.717, 1.165) is 0 Å². The Morgan fingerprint density at radius 1 is 1.24 bits per heavy atom. The lowest BCUT2D eigenvalue weighted by atomic mass is 10.0. The van der Waals surface area contributed by atoms with Gasteiger partial charge in [0.1, 0.15) is 0 Å². The van der Waals surface area contributed by atoms with Crippen molar-refractivity contribution in [3.05, 3.63) is 29.8 Å². The maximum atomic E-state index is 12.1. The van der Waals surface area contributed by atoms with Crippen molar-refractivity contribution in [3.8, 4) is 0 Å². The number of aliphatic hydroxyl groups is 1. The number of nitrogens with one attached hydrogen (secondary N) is 1. The molecule has 0 bridgehead atoms. The predicted molar refractivity (Wildman–Crippen MR) is 81.7 cm³/mol. The molecule has 0 aliphatic rings. The van der Waals surface area contributed by atoms with E-state index in [0.29, 0.717) is 18.4 Å². The smallest absolute Gasteiger partial charge is 0.240 e. The Kier molecular flexibility index (Phi) is 6.51. The summed E-state index contributed by atoms with van der Waals surface area (Å²) >= 11 is 0. The summed E-state index contributed by atoms with van der Waals surface area (Å²) in [4.78, 5) is 12.0. The average Bonchev–Trinajstić information content (AvgIpc) is 2.44. The second-order valence-electron chi connectivity index (χ2n) is 5.45. The third-order valence-corrected chi connectivity index (χ3v) is 4.65. The van der Waals surface area contributed by atoms with Gasteiger partial charge in [0, 0.05) is 18.0 Å². The Bertz CT molecular complexity index is 560. The van der Waals surface area contributed by atoms with Gasteiger partial charge < -0.3 is 5.11 Å². The van der Waals surface area contributed by atoms with Gasteiger partial charge in [0.05, 0.1) is 11.5 Å². The van der Waals surface area contributed by atoms with Gasteiger partial charge in [-0.05, 0) is 24.5 Å². The second kappa shape index (κ2) is 7.68. The molecule has 0 fully saturated rings. The monoisotopic (exact) mass is 313 g/mol. The number of aliphatic hydroxyl groups excluding tert-OH is 1. The highest BCUT2D eigenvalue weighted by atomic mass is 32.2. The highest BCUT2D eigenvalue weighted by molar-refractivity contribution is 7.89. The van der Waals surface area contributed by atoms with Crippen molar-refractivity contribution < 1.29 is 18.3 Å². The number of sulfonamides is 1. The van der Waals surface area contributed by atoms with Gasteiger partial charge in [0.15, 0.2) is 5.78 Å². The summed E-state index contributed by atoms with van der Waals surface area (Å²) < 4.78 is 26.7. The molecule has 1 unspecified atom stereocenters. The predicted octanol–water partition coefficient (Wildman–Crippen LogP) is 1.96. The number of ketones is 1. The van der Waals surface area contributed by atoms with E-state index in [4.69, 9.17) is 5.11 Å². The van der Waals surface area contributed by atoms with Crippen LogP contribution in [-0.2, 0) is 10.0 Å². The van der Waals surface area contributed by atoms with E-state index >= 15 is 0 Å². The van der Waals surface area contributed by atoms with Gasteiger partial charge in [0.2, 0.25) is 10.0 Å². The van der Waals surface area contributed by atoms with Crippen LogP contribution in [0.4, 0.5) is 0 Å². The van der Waals surface area contributed by atoms with Crippen molar-refractivity contribution in [3.63, 3.8) is 0 Å². The molecule has 1 aromatic carbocycles. The molecule has 0 saturated heterocycles. The van der Waals surface area contributed by atoms with Crippen molar-refractivity contribution in [2.45, 2.75) is 44.6 Å². The first-order valence-corrected chi connectivity index (χ1v) is 8.55. The van der Waals surface area contributed by atoms with Crippen molar-refractivity contribution >= 4 is 15.8 Å². The van der Waals surface area contributed by atoms with Gasteiger partial charge in [0.25, 0.3) is 0 Å². The summed E-state index contributed by atoms with van der Waals surface area (Å²) in [6.45, 7) is 5.46. The fraction of sp³-hybridized carbons (Fsp3) is 0.533. The Hall–Kier alpha value is -1.24. The maximum Gasteiger partial charge on any atom is 0.240 e. The molecule has 0 heterocycles. The highest BCUT2D eigenvalue weighted by Gasteiger charge is 2.19. The Morgan fingerprint density at radius 2 is 1.81 bits per heavy atom. The number of carbonyl (C=O) groups excluding carboxylic acids is 1. The van der Waals surface area contributed by atoms with Crippen LogP contribution < -0.4 is 4.72 Å². The molecule has 6 heteroatoms. The number of Topliss-reactive ketones (excluding diaryl/α,β-unsaturated/α-hetero) is 1. The minimum Gasteiger partial charge on any atom is -0.395 e. The lowest BCUT2D eigenvalue weighted by Crippen LogP contribution is -2.36. The molecule has 0 aromatic heterocycles. The van der Waals surface area contributed by atoms with Crippen molar-refractivity contribution in [2.24, 2.45) is 5.92 Å². The van der Waals surface area contributed by atoms with Crippen LogP contribution >= 0.6 is 0 Å². The van der Waals surface area contributed by atoms with Crippen LogP contribution in [0.5, 0.6) is 0 Å². The molecule has 1 aromatic rings. The second-order valence-corrected chi connectivity index (χ2v) is 7.17. The Labute approximate surface area is 126 Å². The first kappa shape index (κ1) is 17.8. The molecule has 21 heavy (non-hydrogen) atoms. The van der Waals surface area contributed by atoms with Crippen LogP contribution in [0, 0.1) is 5.92 Å². The zero-order chi connectivity index (χ0) is 16.0. The molecule has 0 aliphatic carbocycles. The van der Waals surface area contributed by atoms with E-state index in [1.807, 2.05) is 13.8 Å². The molecule has 1 rings (SSSR count). The van der Waals surface area contributed by atoms with Crippen molar-refractivity contribution in [1.29, 1.82) is 0 Å². The number of hydrogen-bond acceptors (Lipinski definition) is 4. The number of hydrogen-bond donors (Lipinski definition) is 2. The molecule has 118 valence electrons. The zero-order valence-corrected chi connectivity index (χ0v) is 13.5. The minimum atomic E-state index is -3.67. The molecule has 5 nitrogen and oxygen atoms in total. The van der Waals surface area contributed by atoms with E-state index in [9.17, 15) is 13.2 Å². The molecule has 0 aliphatic heterocycles. The third-order valence-electron chi connectivity index (χ3n) is 3.12. The summed E-state index contributed by atoms with van der Waals surface area (Å²) in [5, 5.41) is 9.07. The van der Waals surface area contributed by atoms with Gasteiger partial charge in [-0.1, -0.05) is 32.9 Å². The van der Waals surface area contributed by atoms with Crippen molar-refractivity contribution in [1.82, 2.24) is 4.72 Å². The summed E-state index contributed by atoms with van der Waals surface area (Å²) in [7, 11) is -3.67. The van der Waals surface area contributed by atoms with E-state index in [1.54, 1.807) is 6.92 Å². The molecular formula is C15H23NO4S. The molecule has 0 amide bonds. The maximum absolute atomic E-state index is 12.1. The van der Waals surface area contributed by atoms with Crippen LogP contribution in [-0.4, -0.2) is 32.0 Å². The van der Waals surface area contributed by atoms with Gasteiger partial charge in [-0.2, -0.15) is 0 Å². The minimum absolute atomic E-state index is 0.00343. The third kappa shape index (κ3) is 5.22. The van der Waals surface area contributed by atoms with Gasteiger partial charge in [-0.15, -0.1) is 0 Å². The first-order chi connectivity index (χ1) is 9.80. The molecule has 2 N–H and O–H groups in total.